The number of hydrogen-bond donors (Lipinski definition) is 1. The van der Waals surface area contributed by atoms with Gasteiger partial charge in [0.15, 0.2) is 5.17 Å². The summed E-state index contributed by atoms with van der Waals surface area (Å²) in [5, 5.41) is 5.51. The second kappa shape index (κ2) is 6.17. The molecule has 5 heteroatoms. The molecule has 0 saturated heterocycles. The van der Waals surface area contributed by atoms with Crippen molar-refractivity contribution >= 4 is 45.8 Å². The van der Waals surface area contributed by atoms with Crippen molar-refractivity contribution in [2.24, 2.45) is 10.4 Å². The summed E-state index contributed by atoms with van der Waals surface area (Å²) >= 11 is 14.3. The van der Waals surface area contributed by atoms with E-state index in [1.807, 2.05) is 19.1 Å². The molecule has 0 aromatic heterocycles. The minimum absolute atomic E-state index is 0.175. The zero-order chi connectivity index (χ0) is 14.9. The van der Waals surface area contributed by atoms with E-state index in [0.717, 1.165) is 28.6 Å². The summed E-state index contributed by atoms with van der Waals surface area (Å²) in [6.07, 6.45) is 1.11. The first-order valence-electron chi connectivity index (χ1n) is 6.71. The van der Waals surface area contributed by atoms with E-state index in [0.29, 0.717) is 16.1 Å². The summed E-state index contributed by atoms with van der Waals surface area (Å²) in [6, 6.07) is 4.11. The lowest BCUT2D eigenvalue weighted by molar-refractivity contribution is 0.316. The molecule has 1 aromatic carbocycles. The topological polar surface area (TPSA) is 24.4 Å². The van der Waals surface area contributed by atoms with Crippen molar-refractivity contribution < 1.29 is 0 Å². The van der Waals surface area contributed by atoms with Gasteiger partial charge in [-0.25, -0.2) is 0 Å². The fourth-order valence-electron chi connectivity index (χ4n) is 2.08. The van der Waals surface area contributed by atoms with Crippen LogP contribution in [0.25, 0.3) is 0 Å². The van der Waals surface area contributed by atoms with Gasteiger partial charge >= 0.3 is 0 Å². The van der Waals surface area contributed by atoms with Crippen LogP contribution in [-0.4, -0.2) is 17.0 Å². The van der Waals surface area contributed by atoms with Crippen molar-refractivity contribution in [3.8, 4) is 0 Å². The van der Waals surface area contributed by atoms with Gasteiger partial charge in [0.1, 0.15) is 0 Å². The molecule has 1 heterocycles. The molecule has 0 amide bonds. The average Bonchev–Trinajstić information content (AvgIpc) is 2.39. The van der Waals surface area contributed by atoms with E-state index >= 15 is 0 Å². The predicted molar refractivity (Wildman–Crippen MR) is 92.6 cm³/mol. The molecule has 20 heavy (non-hydrogen) atoms. The standard InChI is InChI=1S/C15H20Cl2N2S/c1-9-5-6-10(16)13(12(9)17)19-14-18-11(7-8-20-14)15(2,3)4/h5-6,11H,7-8H2,1-4H3,(H,18,19). The normalized spacial score (nSPS) is 19.7. The maximum absolute atomic E-state index is 6.33. The maximum Gasteiger partial charge on any atom is 0.161 e. The first-order chi connectivity index (χ1) is 9.29. The zero-order valence-electron chi connectivity index (χ0n) is 12.3. The van der Waals surface area contributed by atoms with Gasteiger partial charge in [0, 0.05) is 5.75 Å². The number of amidine groups is 1. The van der Waals surface area contributed by atoms with E-state index in [-0.39, 0.29) is 5.41 Å². The highest BCUT2D eigenvalue weighted by Crippen LogP contribution is 2.36. The number of nitrogens with one attached hydrogen (secondary N) is 1. The molecular weight excluding hydrogens is 311 g/mol. The number of nitrogens with zero attached hydrogens (tertiary/aromatic N) is 1. The van der Waals surface area contributed by atoms with Crippen LogP contribution in [0.15, 0.2) is 17.1 Å². The Bertz CT molecular complexity index is 535. The van der Waals surface area contributed by atoms with Gasteiger partial charge < -0.3 is 5.32 Å². The van der Waals surface area contributed by atoms with Gasteiger partial charge in [-0.15, -0.1) is 0 Å². The Morgan fingerprint density at radius 2 is 2.00 bits per heavy atom. The predicted octanol–water partition coefficient (Wildman–Crippen LogP) is 5.62. The summed E-state index contributed by atoms with van der Waals surface area (Å²) in [4.78, 5) is 4.81. The van der Waals surface area contributed by atoms with Gasteiger partial charge in [-0.05, 0) is 30.4 Å². The van der Waals surface area contributed by atoms with Crippen LogP contribution in [0.3, 0.4) is 0 Å². The Kier molecular flexibility index (Phi) is 4.93. The SMILES string of the molecule is Cc1ccc(Cl)c(NC2=NC(C(C)(C)C)CCS2)c1Cl. The molecule has 1 aliphatic heterocycles. The highest BCUT2D eigenvalue weighted by Gasteiger charge is 2.27. The second-order valence-corrected chi connectivity index (χ2v) is 8.00. The largest absolute Gasteiger partial charge is 0.333 e. The van der Waals surface area contributed by atoms with Crippen LogP contribution >= 0.6 is 35.0 Å². The minimum Gasteiger partial charge on any atom is -0.333 e. The van der Waals surface area contributed by atoms with Crippen LogP contribution in [0.2, 0.25) is 10.0 Å². The smallest absolute Gasteiger partial charge is 0.161 e. The van der Waals surface area contributed by atoms with Gasteiger partial charge in [-0.1, -0.05) is 61.8 Å². The maximum atomic E-state index is 6.33. The summed E-state index contributed by atoms with van der Waals surface area (Å²) in [7, 11) is 0. The first-order valence-corrected chi connectivity index (χ1v) is 8.45. The molecule has 0 bridgehead atoms. The number of aliphatic imine (C=N–C) groups is 1. The van der Waals surface area contributed by atoms with E-state index in [2.05, 4.69) is 26.1 Å². The highest BCUT2D eigenvalue weighted by molar-refractivity contribution is 8.14. The number of anilines is 1. The van der Waals surface area contributed by atoms with Crippen molar-refractivity contribution in [1.82, 2.24) is 0 Å². The fourth-order valence-corrected chi connectivity index (χ4v) is 3.46. The van der Waals surface area contributed by atoms with Crippen molar-refractivity contribution in [2.45, 2.75) is 40.2 Å². The third-order valence-electron chi connectivity index (χ3n) is 3.42. The molecule has 0 spiro atoms. The Morgan fingerprint density at radius 3 is 2.65 bits per heavy atom. The molecule has 1 aliphatic rings. The molecule has 2 nitrogen and oxygen atoms in total. The second-order valence-electron chi connectivity index (χ2n) is 6.13. The molecule has 1 N–H and O–H groups in total. The number of hydrogen-bond acceptors (Lipinski definition) is 3. The van der Waals surface area contributed by atoms with Crippen LogP contribution in [0.5, 0.6) is 0 Å². The van der Waals surface area contributed by atoms with E-state index in [1.54, 1.807) is 11.8 Å². The third-order valence-corrected chi connectivity index (χ3v) is 5.14. The number of thioether (sulfide) groups is 1. The molecular formula is C15H20Cl2N2S. The molecule has 0 radical (unpaired) electrons. The quantitative estimate of drug-likeness (QED) is 0.722. The molecule has 0 fully saturated rings. The van der Waals surface area contributed by atoms with Crippen LogP contribution in [-0.2, 0) is 0 Å². The molecule has 0 aliphatic carbocycles. The Labute approximate surface area is 135 Å². The van der Waals surface area contributed by atoms with Crippen molar-refractivity contribution in [3.63, 3.8) is 0 Å². The lowest BCUT2D eigenvalue weighted by Crippen LogP contribution is -2.30. The third kappa shape index (κ3) is 3.63. The van der Waals surface area contributed by atoms with Crippen molar-refractivity contribution in [3.05, 3.63) is 27.7 Å². The number of benzene rings is 1. The van der Waals surface area contributed by atoms with Gasteiger partial charge in [0.05, 0.1) is 21.8 Å². The molecule has 1 aromatic rings. The lowest BCUT2D eigenvalue weighted by Gasteiger charge is -2.31. The van der Waals surface area contributed by atoms with Crippen LogP contribution in [0.4, 0.5) is 5.69 Å². The van der Waals surface area contributed by atoms with Crippen molar-refractivity contribution in [1.29, 1.82) is 0 Å². The summed E-state index contributed by atoms with van der Waals surface area (Å²) < 4.78 is 0. The van der Waals surface area contributed by atoms with Gasteiger partial charge in [0.25, 0.3) is 0 Å². The Morgan fingerprint density at radius 1 is 1.30 bits per heavy atom. The highest BCUT2D eigenvalue weighted by atomic mass is 35.5. The molecule has 2 rings (SSSR count). The Balaban J connectivity index is 2.26. The number of aryl methyl sites for hydroxylation is 1. The summed E-state index contributed by atoms with van der Waals surface area (Å²) in [5.74, 6) is 1.06. The van der Waals surface area contributed by atoms with E-state index < -0.39 is 0 Å². The average molecular weight is 331 g/mol. The molecule has 110 valence electrons. The lowest BCUT2D eigenvalue weighted by atomic mass is 9.85. The number of halogens is 2. The van der Waals surface area contributed by atoms with E-state index in [4.69, 9.17) is 28.2 Å². The van der Waals surface area contributed by atoms with Gasteiger partial charge in [-0.3, -0.25) is 4.99 Å². The van der Waals surface area contributed by atoms with Gasteiger partial charge in [-0.2, -0.15) is 0 Å². The fraction of sp³-hybridized carbons (Fsp3) is 0.533. The van der Waals surface area contributed by atoms with Crippen molar-refractivity contribution in [2.75, 3.05) is 11.1 Å². The summed E-state index contributed by atoms with van der Waals surface area (Å²) in [5.41, 5.74) is 1.94. The van der Waals surface area contributed by atoms with Crippen LogP contribution < -0.4 is 5.32 Å². The molecule has 0 saturated carbocycles. The number of rotatable bonds is 1. The molecule has 1 atom stereocenters. The monoisotopic (exact) mass is 330 g/mol. The van der Waals surface area contributed by atoms with E-state index in [1.165, 1.54) is 0 Å². The zero-order valence-corrected chi connectivity index (χ0v) is 14.6. The van der Waals surface area contributed by atoms with Gasteiger partial charge in [0.2, 0.25) is 0 Å². The minimum atomic E-state index is 0.175. The molecule has 1 unspecified atom stereocenters. The first kappa shape index (κ1) is 16.0. The Hall–Kier alpha value is -0.380. The van der Waals surface area contributed by atoms with Crippen LogP contribution in [0, 0.1) is 12.3 Å². The summed E-state index contributed by atoms with van der Waals surface area (Å²) in [6.45, 7) is 8.64. The van der Waals surface area contributed by atoms with Crippen LogP contribution in [0.1, 0.15) is 32.8 Å². The van der Waals surface area contributed by atoms with E-state index in [9.17, 15) is 0 Å².